The fourth-order valence-electron chi connectivity index (χ4n) is 3.16. The lowest BCUT2D eigenvalue weighted by Crippen LogP contribution is -2.10. The van der Waals surface area contributed by atoms with E-state index in [0.29, 0.717) is 21.6 Å². The molecule has 1 unspecified atom stereocenters. The first-order chi connectivity index (χ1) is 7.76. The van der Waals surface area contributed by atoms with Gasteiger partial charge in [0, 0.05) is 4.83 Å². The topological polar surface area (TPSA) is 0 Å². The highest BCUT2D eigenvalue weighted by molar-refractivity contribution is 9.09. The number of hydrogen-bond donors (Lipinski definition) is 0. The number of hydrogen-bond acceptors (Lipinski definition) is 0. The Hall–Kier alpha value is -0.370. The monoisotopic (exact) mass is 298 g/mol. The van der Waals surface area contributed by atoms with E-state index < -0.39 is 0 Å². The zero-order valence-corrected chi connectivity index (χ0v) is 12.5. The number of rotatable bonds is 3. The van der Waals surface area contributed by atoms with Crippen LogP contribution in [0.2, 0.25) is 0 Å². The first kappa shape index (κ1) is 13.1. The van der Waals surface area contributed by atoms with Crippen molar-refractivity contribution in [2.75, 3.05) is 0 Å². The van der Waals surface area contributed by atoms with E-state index in [2.05, 4.69) is 43.6 Å². The molecule has 1 saturated carbocycles. The van der Waals surface area contributed by atoms with E-state index in [4.69, 9.17) is 0 Å². The summed E-state index contributed by atoms with van der Waals surface area (Å²) in [6.07, 6.45) is 0.898. The summed E-state index contributed by atoms with van der Waals surface area (Å²) in [4.78, 5) is 0.425. The summed E-state index contributed by atoms with van der Waals surface area (Å²) < 4.78 is 13.1. The van der Waals surface area contributed by atoms with Crippen molar-refractivity contribution in [2.45, 2.75) is 38.9 Å². The highest BCUT2D eigenvalue weighted by atomic mass is 79.9. The molecule has 1 aromatic carbocycles. The van der Waals surface area contributed by atoms with Crippen LogP contribution in [-0.2, 0) is 6.42 Å². The summed E-state index contributed by atoms with van der Waals surface area (Å²) in [5.74, 6) is 0.509. The molecule has 0 aromatic heterocycles. The molecule has 1 aliphatic carbocycles. The molecule has 0 amide bonds. The lowest BCUT2D eigenvalue weighted by Gasteiger charge is -2.12. The van der Waals surface area contributed by atoms with Crippen LogP contribution in [0.5, 0.6) is 0 Å². The van der Waals surface area contributed by atoms with E-state index in [9.17, 15) is 4.39 Å². The summed E-state index contributed by atoms with van der Waals surface area (Å²) >= 11 is 3.79. The molecule has 17 heavy (non-hydrogen) atoms. The highest BCUT2D eigenvalue weighted by Gasteiger charge is 2.66. The Morgan fingerprint density at radius 1 is 1.24 bits per heavy atom. The minimum atomic E-state index is -0.142. The maximum absolute atomic E-state index is 13.1. The van der Waals surface area contributed by atoms with Crippen LogP contribution in [0.3, 0.4) is 0 Å². The van der Waals surface area contributed by atoms with Gasteiger partial charge in [0.25, 0.3) is 0 Å². The number of alkyl halides is 1. The maximum Gasteiger partial charge on any atom is 0.123 e. The summed E-state index contributed by atoms with van der Waals surface area (Å²) in [6, 6.07) is 6.92. The second-order valence-electron chi connectivity index (χ2n) is 6.27. The average molecular weight is 299 g/mol. The number of halogens is 2. The van der Waals surface area contributed by atoms with E-state index in [0.717, 1.165) is 12.0 Å². The van der Waals surface area contributed by atoms with E-state index in [1.807, 2.05) is 6.07 Å². The Bertz CT molecular complexity index is 409. The molecular weight excluding hydrogens is 279 g/mol. The fraction of sp³-hybridized carbons (Fsp3) is 0.600. The van der Waals surface area contributed by atoms with Gasteiger partial charge in [0.05, 0.1) is 0 Å². The molecular formula is C15H20BrF. The lowest BCUT2D eigenvalue weighted by molar-refractivity contribution is 0.457. The summed E-state index contributed by atoms with van der Waals surface area (Å²) in [7, 11) is 0. The molecule has 2 rings (SSSR count). The molecule has 0 saturated heterocycles. The highest BCUT2D eigenvalue weighted by Crippen LogP contribution is 2.71. The molecule has 94 valence electrons. The van der Waals surface area contributed by atoms with Crippen molar-refractivity contribution in [2.24, 2.45) is 16.7 Å². The first-order valence-corrected chi connectivity index (χ1v) is 7.07. The second kappa shape index (κ2) is 4.08. The predicted octanol–water partition coefficient (Wildman–Crippen LogP) is 4.81. The van der Waals surface area contributed by atoms with Crippen LogP contribution in [0.25, 0.3) is 0 Å². The third-order valence-corrected chi connectivity index (χ3v) is 5.67. The Labute approximate surface area is 112 Å². The third-order valence-electron chi connectivity index (χ3n) is 4.81. The van der Waals surface area contributed by atoms with Crippen LogP contribution in [0.1, 0.15) is 33.3 Å². The Kier molecular flexibility index (Phi) is 3.14. The Morgan fingerprint density at radius 2 is 1.82 bits per heavy atom. The van der Waals surface area contributed by atoms with Crippen LogP contribution >= 0.6 is 15.9 Å². The normalized spacial score (nSPS) is 23.4. The minimum absolute atomic E-state index is 0.142. The van der Waals surface area contributed by atoms with Crippen molar-refractivity contribution in [1.82, 2.24) is 0 Å². The van der Waals surface area contributed by atoms with Gasteiger partial charge < -0.3 is 0 Å². The molecule has 0 radical (unpaired) electrons. The van der Waals surface area contributed by atoms with Gasteiger partial charge in [-0.2, -0.15) is 0 Å². The molecule has 1 atom stereocenters. The fourth-order valence-corrected chi connectivity index (χ4v) is 4.85. The lowest BCUT2D eigenvalue weighted by atomic mass is 10.0. The standard InChI is InChI=1S/C15H20BrF/c1-14(2)13(15(14,3)4)12(16)9-10-6-5-7-11(17)8-10/h5-8,12-13H,9H2,1-4H3. The molecule has 0 heterocycles. The van der Waals surface area contributed by atoms with Crippen molar-refractivity contribution < 1.29 is 4.39 Å². The third kappa shape index (κ3) is 2.16. The summed E-state index contributed by atoms with van der Waals surface area (Å²) in [6.45, 7) is 9.27. The van der Waals surface area contributed by atoms with Gasteiger partial charge in [0.15, 0.2) is 0 Å². The molecule has 0 aliphatic heterocycles. The molecule has 0 nitrogen and oxygen atoms in total. The quantitative estimate of drug-likeness (QED) is 0.702. The zero-order chi connectivity index (χ0) is 12.8. The van der Waals surface area contributed by atoms with E-state index in [1.165, 1.54) is 6.07 Å². The van der Waals surface area contributed by atoms with Gasteiger partial charge >= 0.3 is 0 Å². The van der Waals surface area contributed by atoms with E-state index in [-0.39, 0.29) is 5.82 Å². The average Bonchev–Trinajstić information content (AvgIpc) is 2.56. The van der Waals surface area contributed by atoms with Crippen molar-refractivity contribution >= 4 is 15.9 Å². The first-order valence-electron chi connectivity index (χ1n) is 6.15. The molecule has 2 heteroatoms. The van der Waals surface area contributed by atoms with Crippen LogP contribution in [-0.4, -0.2) is 4.83 Å². The van der Waals surface area contributed by atoms with Crippen LogP contribution < -0.4 is 0 Å². The second-order valence-corrected chi connectivity index (χ2v) is 7.45. The van der Waals surface area contributed by atoms with Crippen molar-refractivity contribution in [3.05, 3.63) is 35.6 Å². The van der Waals surface area contributed by atoms with Gasteiger partial charge in [-0.25, -0.2) is 4.39 Å². The molecule has 0 spiro atoms. The van der Waals surface area contributed by atoms with E-state index >= 15 is 0 Å². The van der Waals surface area contributed by atoms with Gasteiger partial charge in [-0.15, -0.1) is 0 Å². The van der Waals surface area contributed by atoms with Gasteiger partial charge in [0.1, 0.15) is 5.82 Å². The molecule has 1 fully saturated rings. The predicted molar refractivity (Wildman–Crippen MR) is 73.9 cm³/mol. The molecule has 1 aliphatic rings. The maximum atomic E-state index is 13.1. The minimum Gasteiger partial charge on any atom is -0.207 e. The number of benzene rings is 1. The van der Waals surface area contributed by atoms with Crippen molar-refractivity contribution in [3.63, 3.8) is 0 Å². The van der Waals surface area contributed by atoms with Crippen LogP contribution in [0, 0.1) is 22.6 Å². The molecule has 0 bridgehead atoms. The van der Waals surface area contributed by atoms with Gasteiger partial charge in [-0.3, -0.25) is 0 Å². The Balaban J connectivity index is 2.07. The zero-order valence-electron chi connectivity index (χ0n) is 10.9. The Morgan fingerprint density at radius 3 is 2.29 bits per heavy atom. The van der Waals surface area contributed by atoms with Crippen molar-refractivity contribution in [3.8, 4) is 0 Å². The SMILES string of the molecule is CC1(C)C(C(Br)Cc2cccc(F)c2)C1(C)C. The molecule has 1 aromatic rings. The van der Waals surface area contributed by atoms with Gasteiger partial charge in [0.2, 0.25) is 0 Å². The summed E-state index contributed by atoms with van der Waals surface area (Å²) in [5, 5.41) is 0. The largest absolute Gasteiger partial charge is 0.207 e. The van der Waals surface area contributed by atoms with Gasteiger partial charge in [-0.05, 0) is 40.9 Å². The van der Waals surface area contributed by atoms with E-state index in [1.54, 1.807) is 12.1 Å². The molecule has 0 N–H and O–H groups in total. The summed E-state index contributed by atoms with van der Waals surface area (Å²) in [5.41, 5.74) is 1.81. The van der Waals surface area contributed by atoms with Crippen LogP contribution in [0.4, 0.5) is 4.39 Å². The van der Waals surface area contributed by atoms with Crippen LogP contribution in [0.15, 0.2) is 24.3 Å². The van der Waals surface area contributed by atoms with Crippen molar-refractivity contribution in [1.29, 1.82) is 0 Å². The van der Waals surface area contributed by atoms with Gasteiger partial charge in [-0.1, -0.05) is 55.8 Å². The smallest absolute Gasteiger partial charge is 0.123 e.